The van der Waals surface area contributed by atoms with E-state index in [4.69, 9.17) is 4.74 Å². The van der Waals surface area contributed by atoms with Gasteiger partial charge in [0, 0.05) is 28.6 Å². The topological polar surface area (TPSA) is 81.5 Å². The van der Waals surface area contributed by atoms with Crippen LogP contribution in [0.3, 0.4) is 0 Å². The summed E-state index contributed by atoms with van der Waals surface area (Å²) in [5.74, 6) is 0.748. The minimum atomic E-state index is -0.694. The van der Waals surface area contributed by atoms with E-state index in [0.717, 1.165) is 66.3 Å². The Morgan fingerprint density at radius 2 is 1.70 bits per heavy atom. The van der Waals surface area contributed by atoms with Gasteiger partial charge in [0.15, 0.2) is 0 Å². The standard InChI is InChI=1S/C27H30N2O4/c1-3-19(2)33-25-16-15-24(22-9-5-6-10-23(22)25)28-26(30)27(17-7-4-8-18-27)20-11-13-21(14-12-20)29(31)32/h5-6,9-16,19H,3-4,7-8,17-18H2,1-2H3,(H,28,30)/t19-/m0/s1. The van der Waals surface area contributed by atoms with Crippen LogP contribution in [0.2, 0.25) is 0 Å². The molecule has 6 heteroatoms. The molecule has 1 aliphatic rings. The van der Waals surface area contributed by atoms with Crippen LogP contribution in [-0.4, -0.2) is 16.9 Å². The number of anilines is 1. The zero-order chi connectivity index (χ0) is 23.4. The van der Waals surface area contributed by atoms with E-state index in [1.54, 1.807) is 12.1 Å². The van der Waals surface area contributed by atoms with Gasteiger partial charge in [-0.15, -0.1) is 0 Å². The summed E-state index contributed by atoms with van der Waals surface area (Å²) in [7, 11) is 0. The molecule has 0 bridgehead atoms. The fourth-order valence-corrected chi connectivity index (χ4v) is 4.73. The zero-order valence-corrected chi connectivity index (χ0v) is 19.2. The SMILES string of the molecule is CC[C@H](C)Oc1ccc(NC(=O)C2(c3ccc([N+](=O)[O-])cc3)CCCCC2)c2ccccc12. The van der Waals surface area contributed by atoms with Gasteiger partial charge in [-0.05, 0) is 43.9 Å². The molecule has 1 N–H and O–H groups in total. The molecule has 1 atom stereocenters. The van der Waals surface area contributed by atoms with Crippen LogP contribution in [-0.2, 0) is 10.2 Å². The molecule has 1 fully saturated rings. The normalized spacial score (nSPS) is 16.2. The third-order valence-electron chi connectivity index (χ3n) is 6.81. The molecule has 1 saturated carbocycles. The van der Waals surface area contributed by atoms with Crippen molar-refractivity contribution >= 4 is 28.1 Å². The number of fused-ring (bicyclic) bond motifs is 1. The second-order valence-corrected chi connectivity index (χ2v) is 8.89. The maximum Gasteiger partial charge on any atom is 0.269 e. The molecule has 3 aromatic rings. The van der Waals surface area contributed by atoms with Crippen LogP contribution in [0.5, 0.6) is 5.75 Å². The highest BCUT2D eigenvalue weighted by atomic mass is 16.6. The van der Waals surface area contributed by atoms with E-state index in [0.29, 0.717) is 0 Å². The quantitative estimate of drug-likeness (QED) is 0.321. The molecular formula is C27H30N2O4. The van der Waals surface area contributed by atoms with Gasteiger partial charge in [0.05, 0.1) is 16.4 Å². The molecule has 3 aromatic carbocycles. The number of non-ortho nitro benzene ring substituents is 1. The second kappa shape index (κ2) is 9.61. The lowest BCUT2D eigenvalue weighted by Gasteiger charge is -2.36. The lowest BCUT2D eigenvalue weighted by Crippen LogP contribution is -2.42. The van der Waals surface area contributed by atoms with Gasteiger partial charge in [0.1, 0.15) is 5.75 Å². The molecule has 0 heterocycles. The Bertz CT molecular complexity index is 1150. The molecule has 0 aliphatic heterocycles. The van der Waals surface area contributed by atoms with Crippen LogP contribution in [0.15, 0.2) is 60.7 Å². The Labute approximate surface area is 194 Å². The van der Waals surface area contributed by atoms with Crippen molar-refractivity contribution in [3.8, 4) is 5.75 Å². The van der Waals surface area contributed by atoms with Crippen LogP contribution in [0.1, 0.15) is 57.9 Å². The number of ether oxygens (including phenoxy) is 1. The van der Waals surface area contributed by atoms with Crippen molar-refractivity contribution in [3.63, 3.8) is 0 Å². The van der Waals surface area contributed by atoms with Crippen LogP contribution in [0.4, 0.5) is 11.4 Å². The average molecular weight is 447 g/mol. The molecule has 0 radical (unpaired) electrons. The summed E-state index contributed by atoms with van der Waals surface area (Å²) in [5, 5.41) is 16.2. The van der Waals surface area contributed by atoms with E-state index >= 15 is 0 Å². The Morgan fingerprint density at radius 3 is 2.33 bits per heavy atom. The van der Waals surface area contributed by atoms with Crippen molar-refractivity contribution in [1.29, 1.82) is 0 Å². The summed E-state index contributed by atoms with van der Waals surface area (Å²) >= 11 is 0. The Morgan fingerprint density at radius 1 is 1.03 bits per heavy atom. The molecular weight excluding hydrogens is 416 g/mol. The first-order valence-electron chi connectivity index (χ1n) is 11.7. The predicted molar refractivity (Wildman–Crippen MR) is 131 cm³/mol. The smallest absolute Gasteiger partial charge is 0.269 e. The van der Waals surface area contributed by atoms with Gasteiger partial charge >= 0.3 is 0 Å². The summed E-state index contributed by atoms with van der Waals surface area (Å²) in [4.78, 5) is 24.5. The van der Waals surface area contributed by atoms with Gasteiger partial charge < -0.3 is 10.1 Å². The van der Waals surface area contributed by atoms with Gasteiger partial charge in [-0.1, -0.05) is 62.6 Å². The molecule has 0 aromatic heterocycles. The fourth-order valence-electron chi connectivity index (χ4n) is 4.73. The van der Waals surface area contributed by atoms with E-state index in [-0.39, 0.29) is 17.7 Å². The van der Waals surface area contributed by atoms with E-state index in [9.17, 15) is 14.9 Å². The number of nitro groups is 1. The number of carbonyl (C=O) groups excluding carboxylic acids is 1. The van der Waals surface area contributed by atoms with Crippen LogP contribution in [0.25, 0.3) is 10.8 Å². The monoisotopic (exact) mass is 446 g/mol. The Hall–Kier alpha value is -3.41. The maximum absolute atomic E-state index is 13.8. The molecule has 0 saturated heterocycles. The second-order valence-electron chi connectivity index (χ2n) is 8.89. The molecule has 6 nitrogen and oxygen atoms in total. The molecule has 4 rings (SSSR count). The average Bonchev–Trinajstić information content (AvgIpc) is 2.85. The van der Waals surface area contributed by atoms with E-state index in [2.05, 4.69) is 12.2 Å². The molecule has 1 amide bonds. The summed E-state index contributed by atoms with van der Waals surface area (Å²) in [6.07, 6.45) is 5.45. The van der Waals surface area contributed by atoms with E-state index in [1.807, 2.05) is 43.3 Å². The van der Waals surface area contributed by atoms with Crippen molar-refractivity contribution in [2.75, 3.05) is 5.32 Å². The number of nitrogens with one attached hydrogen (secondary N) is 1. The number of hydrogen-bond acceptors (Lipinski definition) is 4. The van der Waals surface area contributed by atoms with Crippen molar-refractivity contribution in [1.82, 2.24) is 0 Å². The van der Waals surface area contributed by atoms with E-state index < -0.39 is 10.3 Å². The molecule has 0 spiro atoms. The number of carbonyl (C=O) groups is 1. The highest BCUT2D eigenvalue weighted by Gasteiger charge is 2.41. The third kappa shape index (κ3) is 4.56. The Balaban J connectivity index is 1.69. The van der Waals surface area contributed by atoms with Gasteiger partial charge in [-0.3, -0.25) is 14.9 Å². The van der Waals surface area contributed by atoms with Crippen LogP contribution >= 0.6 is 0 Å². The number of amides is 1. The first kappa shape index (κ1) is 22.8. The maximum atomic E-state index is 13.8. The van der Waals surface area contributed by atoms with Crippen molar-refractivity contribution in [3.05, 3.63) is 76.3 Å². The predicted octanol–water partition coefficient (Wildman–Crippen LogP) is 6.77. The fraction of sp³-hybridized carbons (Fsp3) is 0.370. The third-order valence-corrected chi connectivity index (χ3v) is 6.81. The first-order valence-corrected chi connectivity index (χ1v) is 11.7. The number of benzene rings is 3. The molecule has 0 unspecified atom stereocenters. The van der Waals surface area contributed by atoms with Gasteiger partial charge in [-0.25, -0.2) is 0 Å². The molecule has 1 aliphatic carbocycles. The van der Waals surface area contributed by atoms with Crippen molar-refractivity contribution in [2.45, 2.75) is 63.9 Å². The molecule has 172 valence electrons. The lowest BCUT2D eigenvalue weighted by molar-refractivity contribution is -0.384. The minimum Gasteiger partial charge on any atom is -0.490 e. The van der Waals surface area contributed by atoms with Gasteiger partial charge in [-0.2, -0.15) is 0 Å². The highest BCUT2D eigenvalue weighted by Crippen LogP contribution is 2.42. The highest BCUT2D eigenvalue weighted by molar-refractivity contribution is 6.07. The number of nitrogens with zero attached hydrogens (tertiary/aromatic N) is 1. The largest absolute Gasteiger partial charge is 0.490 e. The van der Waals surface area contributed by atoms with Crippen LogP contribution in [0, 0.1) is 10.1 Å². The van der Waals surface area contributed by atoms with Gasteiger partial charge in [0.2, 0.25) is 5.91 Å². The zero-order valence-electron chi connectivity index (χ0n) is 19.2. The lowest BCUT2D eigenvalue weighted by atomic mass is 9.68. The summed E-state index contributed by atoms with van der Waals surface area (Å²) in [5.41, 5.74) is 0.929. The minimum absolute atomic E-state index is 0.0352. The van der Waals surface area contributed by atoms with E-state index in [1.165, 1.54) is 12.1 Å². The van der Waals surface area contributed by atoms with Crippen molar-refractivity contribution in [2.24, 2.45) is 0 Å². The molecule has 33 heavy (non-hydrogen) atoms. The van der Waals surface area contributed by atoms with Crippen LogP contribution < -0.4 is 10.1 Å². The number of hydrogen-bond donors (Lipinski definition) is 1. The summed E-state index contributed by atoms with van der Waals surface area (Å²) < 4.78 is 6.10. The summed E-state index contributed by atoms with van der Waals surface area (Å²) in [6.45, 7) is 4.13. The Kier molecular flexibility index (Phi) is 6.63. The summed E-state index contributed by atoms with van der Waals surface area (Å²) in [6, 6.07) is 18.2. The first-order chi connectivity index (χ1) is 15.9. The van der Waals surface area contributed by atoms with Gasteiger partial charge in [0.25, 0.3) is 5.69 Å². The number of rotatable bonds is 7. The number of nitro benzene ring substituents is 1. The van der Waals surface area contributed by atoms with Crippen molar-refractivity contribution < 1.29 is 14.5 Å².